The van der Waals surface area contributed by atoms with Gasteiger partial charge in [-0.1, -0.05) is 31.9 Å². The number of carbonyl (C=O) groups excluding carboxylic acids is 3. The van der Waals surface area contributed by atoms with Crippen molar-refractivity contribution in [3.63, 3.8) is 0 Å². The molecule has 0 aliphatic carbocycles. The average molecular weight is 415 g/mol. The van der Waals surface area contributed by atoms with E-state index < -0.39 is 12.0 Å². The number of halogens is 1. The third kappa shape index (κ3) is 7.36. The van der Waals surface area contributed by atoms with E-state index in [-0.39, 0.29) is 30.8 Å². The number of carbonyl (C=O) groups is 3. The third-order valence-corrected chi connectivity index (χ3v) is 4.58. The van der Waals surface area contributed by atoms with Crippen molar-refractivity contribution in [1.82, 2.24) is 5.32 Å². The fraction of sp³-hybridized carbons (Fsp3) is 0.526. The van der Waals surface area contributed by atoms with Crippen LogP contribution in [-0.4, -0.2) is 58.2 Å². The molecule has 0 aliphatic rings. The lowest BCUT2D eigenvalue weighted by Gasteiger charge is -2.22. The molecule has 1 aromatic carbocycles. The Balaban J connectivity index is 2.62. The van der Waals surface area contributed by atoms with E-state index in [1.54, 1.807) is 25.2 Å². The van der Waals surface area contributed by atoms with Gasteiger partial charge in [0.05, 0.1) is 27.0 Å². The molecule has 0 spiro atoms. The third-order valence-electron chi connectivity index (χ3n) is 4.34. The van der Waals surface area contributed by atoms with Crippen LogP contribution in [0.1, 0.15) is 20.3 Å². The highest BCUT2D eigenvalue weighted by atomic mass is 35.5. The number of hydrogen-bond donors (Lipinski definition) is 3. The molecule has 8 nitrogen and oxygen atoms in total. The molecule has 0 bridgehead atoms. The molecule has 9 heteroatoms. The second kappa shape index (κ2) is 11.5. The summed E-state index contributed by atoms with van der Waals surface area (Å²) in [6.45, 7) is 3.88. The van der Waals surface area contributed by atoms with E-state index in [4.69, 9.17) is 21.1 Å². The summed E-state index contributed by atoms with van der Waals surface area (Å²) in [6, 6.07) is 4.20. The standard InChI is InChI=1S/C19H28ClN3O5/c1-6-12(2)18(19(26)28-5)22-17(25)11-23(3)10-16(24)21-14-9-13(20)7-8-15(14)27-4/h7-9,12,18H,6,10-11H2,1-5H3,(H,21,24)(H,22,25)/p+1/t12-,18-/m0/s1. The monoisotopic (exact) mass is 414 g/mol. The normalized spacial score (nSPS) is 13.8. The summed E-state index contributed by atoms with van der Waals surface area (Å²) in [5, 5.41) is 5.89. The van der Waals surface area contributed by atoms with Crippen molar-refractivity contribution in [2.24, 2.45) is 5.92 Å². The minimum Gasteiger partial charge on any atom is -0.495 e. The number of nitrogens with one attached hydrogen (secondary N) is 3. The van der Waals surface area contributed by atoms with Gasteiger partial charge >= 0.3 is 5.97 Å². The first kappa shape index (κ1) is 23.7. The number of methoxy groups -OCH3 is 2. The maximum Gasteiger partial charge on any atom is 0.328 e. The van der Waals surface area contributed by atoms with Gasteiger partial charge in [-0.15, -0.1) is 0 Å². The Morgan fingerprint density at radius 3 is 2.39 bits per heavy atom. The molecule has 0 heterocycles. The van der Waals surface area contributed by atoms with Crippen LogP contribution in [0.25, 0.3) is 0 Å². The minimum atomic E-state index is -0.708. The molecule has 0 aliphatic heterocycles. The highest BCUT2D eigenvalue weighted by Crippen LogP contribution is 2.27. The number of benzene rings is 1. The van der Waals surface area contributed by atoms with Gasteiger partial charge in [0.1, 0.15) is 11.8 Å². The number of amides is 2. The van der Waals surface area contributed by atoms with E-state index in [1.807, 2.05) is 13.8 Å². The summed E-state index contributed by atoms with van der Waals surface area (Å²) in [7, 11) is 4.50. The Hall–Kier alpha value is -2.32. The van der Waals surface area contributed by atoms with Crippen LogP contribution in [-0.2, 0) is 19.1 Å². The quantitative estimate of drug-likeness (QED) is 0.484. The fourth-order valence-corrected chi connectivity index (χ4v) is 2.78. The smallest absolute Gasteiger partial charge is 0.328 e. The van der Waals surface area contributed by atoms with Crippen molar-refractivity contribution < 1.29 is 28.8 Å². The maximum atomic E-state index is 12.3. The van der Waals surface area contributed by atoms with Crippen molar-refractivity contribution in [3.05, 3.63) is 23.2 Å². The lowest BCUT2D eigenvalue weighted by molar-refractivity contribution is -0.862. The van der Waals surface area contributed by atoms with Crippen molar-refractivity contribution in [1.29, 1.82) is 0 Å². The topological polar surface area (TPSA) is 98.2 Å². The number of anilines is 1. The zero-order chi connectivity index (χ0) is 21.3. The Kier molecular flexibility index (Phi) is 9.75. The number of esters is 1. The van der Waals surface area contributed by atoms with Crippen LogP contribution in [0.4, 0.5) is 5.69 Å². The van der Waals surface area contributed by atoms with Crippen molar-refractivity contribution in [3.8, 4) is 5.75 Å². The number of quaternary nitrogens is 1. The Morgan fingerprint density at radius 1 is 1.18 bits per heavy atom. The molecule has 28 heavy (non-hydrogen) atoms. The Labute approximate surface area is 170 Å². The molecule has 156 valence electrons. The summed E-state index contributed by atoms with van der Waals surface area (Å²) in [4.78, 5) is 37.1. The van der Waals surface area contributed by atoms with Crippen LogP contribution in [0.3, 0.4) is 0 Å². The van der Waals surface area contributed by atoms with Gasteiger partial charge in [0.15, 0.2) is 13.1 Å². The van der Waals surface area contributed by atoms with Gasteiger partial charge in [-0.2, -0.15) is 0 Å². The predicted molar refractivity (Wildman–Crippen MR) is 107 cm³/mol. The number of likely N-dealkylation sites (N-methyl/N-ethyl adjacent to an activating group) is 1. The van der Waals surface area contributed by atoms with Crippen LogP contribution >= 0.6 is 11.6 Å². The van der Waals surface area contributed by atoms with Gasteiger partial charge in [-0.05, 0) is 24.1 Å². The summed E-state index contributed by atoms with van der Waals surface area (Å²) >= 11 is 5.95. The summed E-state index contributed by atoms with van der Waals surface area (Å²) in [6.07, 6.45) is 0.715. The molecular weight excluding hydrogens is 386 g/mol. The molecule has 0 radical (unpaired) electrons. The number of hydrogen-bond acceptors (Lipinski definition) is 5. The SMILES string of the molecule is CC[C@H](C)[C@H](NC(=O)C[NH+](C)CC(=O)Nc1cc(Cl)ccc1OC)C(=O)OC. The van der Waals surface area contributed by atoms with E-state index in [0.717, 1.165) is 0 Å². The summed E-state index contributed by atoms with van der Waals surface area (Å²) in [5.41, 5.74) is 0.458. The van der Waals surface area contributed by atoms with Crippen LogP contribution in [0, 0.1) is 5.92 Å². The maximum absolute atomic E-state index is 12.3. The number of rotatable bonds is 10. The van der Waals surface area contributed by atoms with Gasteiger partial charge < -0.3 is 25.0 Å². The van der Waals surface area contributed by atoms with Crippen molar-refractivity contribution in [2.75, 3.05) is 39.7 Å². The van der Waals surface area contributed by atoms with Gasteiger partial charge in [-0.3, -0.25) is 9.59 Å². The molecule has 0 fully saturated rings. The molecule has 0 aromatic heterocycles. The highest BCUT2D eigenvalue weighted by Gasteiger charge is 2.27. The molecule has 0 saturated heterocycles. The van der Waals surface area contributed by atoms with Gasteiger partial charge in [0.2, 0.25) is 0 Å². The summed E-state index contributed by atoms with van der Waals surface area (Å²) in [5.74, 6) is -0.678. The van der Waals surface area contributed by atoms with Crippen molar-refractivity contribution in [2.45, 2.75) is 26.3 Å². The van der Waals surface area contributed by atoms with E-state index in [9.17, 15) is 14.4 Å². The predicted octanol–water partition coefficient (Wildman–Crippen LogP) is 0.506. The molecule has 3 N–H and O–H groups in total. The zero-order valence-corrected chi connectivity index (χ0v) is 17.7. The lowest BCUT2D eigenvalue weighted by Crippen LogP contribution is -3.11. The molecule has 1 rings (SSSR count). The molecule has 1 unspecified atom stereocenters. The van der Waals surface area contributed by atoms with E-state index in [0.29, 0.717) is 27.8 Å². The van der Waals surface area contributed by atoms with Crippen LogP contribution in [0.15, 0.2) is 18.2 Å². The first-order valence-corrected chi connectivity index (χ1v) is 9.41. The van der Waals surface area contributed by atoms with Crippen molar-refractivity contribution >= 4 is 35.1 Å². The van der Waals surface area contributed by atoms with Crippen LogP contribution < -0.4 is 20.3 Å². The first-order valence-electron chi connectivity index (χ1n) is 9.03. The van der Waals surface area contributed by atoms with Gasteiger partial charge in [-0.25, -0.2) is 4.79 Å². The van der Waals surface area contributed by atoms with E-state index in [2.05, 4.69) is 10.6 Å². The molecule has 2 amide bonds. The highest BCUT2D eigenvalue weighted by molar-refractivity contribution is 6.31. The molecular formula is C19H29ClN3O5+. The lowest BCUT2D eigenvalue weighted by atomic mass is 9.99. The van der Waals surface area contributed by atoms with Gasteiger partial charge in [0, 0.05) is 5.02 Å². The first-order chi connectivity index (χ1) is 13.2. The molecule has 3 atom stereocenters. The second-order valence-corrected chi connectivity index (χ2v) is 7.09. The Bertz CT molecular complexity index is 698. The second-order valence-electron chi connectivity index (χ2n) is 6.66. The van der Waals surface area contributed by atoms with E-state index in [1.165, 1.54) is 14.2 Å². The molecule has 1 aromatic rings. The number of ether oxygens (including phenoxy) is 2. The van der Waals surface area contributed by atoms with E-state index >= 15 is 0 Å². The van der Waals surface area contributed by atoms with Gasteiger partial charge in [0.25, 0.3) is 11.8 Å². The fourth-order valence-electron chi connectivity index (χ4n) is 2.60. The largest absolute Gasteiger partial charge is 0.495 e. The van der Waals surface area contributed by atoms with Crippen LogP contribution in [0.5, 0.6) is 5.75 Å². The molecule has 0 saturated carbocycles. The summed E-state index contributed by atoms with van der Waals surface area (Å²) < 4.78 is 9.95. The van der Waals surface area contributed by atoms with Crippen LogP contribution in [0.2, 0.25) is 5.02 Å². The Morgan fingerprint density at radius 2 is 1.82 bits per heavy atom. The zero-order valence-electron chi connectivity index (χ0n) is 16.9. The minimum absolute atomic E-state index is 0.0318. The average Bonchev–Trinajstić information content (AvgIpc) is 2.64.